The zero-order chi connectivity index (χ0) is 22.2. The van der Waals surface area contributed by atoms with Gasteiger partial charge in [-0.15, -0.1) is 0 Å². The van der Waals surface area contributed by atoms with Crippen LogP contribution in [0.5, 0.6) is 0 Å². The molecule has 0 aliphatic carbocycles. The first kappa shape index (κ1) is 21.0. The van der Waals surface area contributed by atoms with Crippen LogP contribution in [0.3, 0.4) is 0 Å². The molecule has 0 N–H and O–H groups in total. The molecule has 0 unspecified atom stereocenters. The number of aryl methyl sites for hydroxylation is 1. The van der Waals surface area contributed by atoms with E-state index in [-0.39, 0.29) is 17.1 Å². The molecule has 3 aromatic rings. The smallest absolute Gasteiger partial charge is 0.291 e. The molecule has 0 saturated carbocycles. The lowest BCUT2D eigenvalue weighted by atomic mass is 9.78. The molecule has 0 fully saturated rings. The Kier molecular flexibility index (Phi) is 5.52. The minimum absolute atomic E-state index is 0.0601. The summed E-state index contributed by atoms with van der Waals surface area (Å²) in [7, 11) is 3.44. The van der Waals surface area contributed by atoms with Crippen LogP contribution in [-0.4, -0.2) is 41.4 Å². The molecule has 160 valence electrons. The molecule has 1 aromatic heterocycles. The molecule has 0 saturated heterocycles. The first-order valence-corrected chi connectivity index (χ1v) is 10.7. The monoisotopic (exact) mass is 414 g/mol. The highest BCUT2D eigenvalue weighted by molar-refractivity contribution is 5.90. The number of benzene rings is 2. The number of carbonyl (C=O) groups is 1. The number of aromatic nitrogens is 2. The second-order valence-corrected chi connectivity index (χ2v) is 9.07. The van der Waals surface area contributed by atoms with Gasteiger partial charge in [0.25, 0.3) is 5.91 Å². The number of carbonyl (C=O) groups excluding carboxylic acids is 1. The van der Waals surface area contributed by atoms with E-state index in [0.29, 0.717) is 6.54 Å². The third-order valence-corrected chi connectivity index (χ3v) is 6.27. The number of anilines is 1. The fourth-order valence-corrected chi connectivity index (χ4v) is 4.05. The van der Waals surface area contributed by atoms with Crippen molar-refractivity contribution in [1.82, 2.24) is 14.9 Å². The molecule has 1 amide bonds. The normalized spacial score (nSPS) is 13.6. The van der Waals surface area contributed by atoms with Crippen LogP contribution in [0.1, 0.15) is 52.4 Å². The Morgan fingerprint density at radius 1 is 1.00 bits per heavy atom. The standard InChI is InChI=1S/C26H30N4O/c1-18-6-8-20(9-7-18)26(2,3)21-10-12-22(13-11-21)30-15-14-19-16-27-24(25(31)29(4)5)28-23(19)17-30/h6-13,16H,14-15,17H2,1-5H3. The highest BCUT2D eigenvalue weighted by Crippen LogP contribution is 2.33. The number of hydrogen-bond acceptors (Lipinski definition) is 4. The number of amides is 1. The quantitative estimate of drug-likeness (QED) is 0.636. The van der Waals surface area contributed by atoms with Crippen molar-refractivity contribution in [2.45, 2.75) is 39.2 Å². The number of rotatable bonds is 4. The van der Waals surface area contributed by atoms with Gasteiger partial charge in [0.05, 0.1) is 12.2 Å². The van der Waals surface area contributed by atoms with Crippen molar-refractivity contribution in [2.75, 3.05) is 25.5 Å². The third-order valence-electron chi connectivity index (χ3n) is 6.27. The predicted molar refractivity (Wildman–Crippen MR) is 125 cm³/mol. The van der Waals surface area contributed by atoms with E-state index in [2.05, 4.69) is 84.2 Å². The lowest BCUT2D eigenvalue weighted by molar-refractivity contribution is 0.0815. The predicted octanol–water partition coefficient (Wildman–Crippen LogP) is 4.38. The van der Waals surface area contributed by atoms with Crippen molar-refractivity contribution in [2.24, 2.45) is 0 Å². The Bertz CT molecular complexity index is 1090. The Morgan fingerprint density at radius 3 is 2.23 bits per heavy atom. The van der Waals surface area contributed by atoms with Crippen molar-refractivity contribution >= 4 is 11.6 Å². The molecule has 0 bridgehead atoms. The summed E-state index contributed by atoms with van der Waals surface area (Å²) in [6.07, 6.45) is 2.69. The van der Waals surface area contributed by atoms with Crippen molar-refractivity contribution in [3.63, 3.8) is 0 Å². The molecule has 31 heavy (non-hydrogen) atoms. The van der Waals surface area contributed by atoms with E-state index in [1.165, 1.54) is 27.3 Å². The summed E-state index contributed by atoms with van der Waals surface area (Å²) in [5.41, 5.74) is 7.06. The Hall–Kier alpha value is -3.21. The van der Waals surface area contributed by atoms with Gasteiger partial charge in [0.1, 0.15) is 0 Å². The van der Waals surface area contributed by atoms with Gasteiger partial charge in [-0.05, 0) is 42.2 Å². The van der Waals surface area contributed by atoms with Gasteiger partial charge in [0.2, 0.25) is 5.82 Å². The van der Waals surface area contributed by atoms with Crippen LogP contribution in [0.2, 0.25) is 0 Å². The summed E-state index contributed by atoms with van der Waals surface area (Å²) >= 11 is 0. The first-order valence-electron chi connectivity index (χ1n) is 10.7. The maximum absolute atomic E-state index is 12.2. The molecule has 5 heteroatoms. The fraction of sp³-hybridized carbons (Fsp3) is 0.346. The van der Waals surface area contributed by atoms with Crippen molar-refractivity contribution in [1.29, 1.82) is 0 Å². The maximum atomic E-state index is 12.2. The highest BCUT2D eigenvalue weighted by atomic mass is 16.2. The lowest BCUT2D eigenvalue weighted by Gasteiger charge is -2.31. The Balaban J connectivity index is 1.55. The molecule has 0 atom stereocenters. The zero-order valence-electron chi connectivity index (χ0n) is 19.0. The van der Waals surface area contributed by atoms with Crippen molar-refractivity contribution in [3.8, 4) is 0 Å². The molecular weight excluding hydrogens is 384 g/mol. The van der Waals surface area contributed by atoms with Gasteiger partial charge >= 0.3 is 0 Å². The third kappa shape index (κ3) is 4.18. The molecule has 1 aliphatic heterocycles. The molecule has 4 rings (SSSR count). The van der Waals surface area contributed by atoms with Crippen LogP contribution in [0.4, 0.5) is 5.69 Å². The average molecular weight is 415 g/mol. The topological polar surface area (TPSA) is 49.3 Å². The van der Waals surface area contributed by atoms with E-state index >= 15 is 0 Å². The van der Waals surface area contributed by atoms with Crippen LogP contribution in [-0.2, 0) is 18.4 Å². The summed E-state index contributed by atoms with van der Waals surface area (Å²) in [5, 5.41) is 0. The summed E-state index contributed by atoms with van der Waals surface area (Å²) < 4.78 is 0. The van der Waals surface area contributed by atoms with Gasteiger partial charge in [0, 0.05) is 37.9 Å². The molecule has 0 radical (unpaired) electrons. The molecular formula is C26H30N4O. The first-order chi connectivity index (χ1) is 14.8. The van der Waals surface area contributed by atoms with Gasteiger partial charge in [-0.1, -0.05) is 55.8 Å². The largest absolute Gasteiger partial charge is 0.365 e. The SMILES string of the molecule is Cc1ccc(C(C)(C)c2ccc(N3CCc4cnc(C(=O)N(C)C)nc4C3)cc2)cc1. The van der Waals surface area contributed by atoms with Crippen LogP contribution in [0.15, 0.2) is 54.7 Å². The van der Waals surface area contributed by atoms with Gasteiger partial charge in [0.15, 0.2) is 0 Å². The minimum Gasteiger partial charge on any atom is -0.365 e. The average Bonchev–Trinajstić information content (AvgIpc) is 2.78. The van der Waals surface area contributed by atoms with E-state index in [1.807, 2.05) is 6.20 Å². The van der Waals surface area contributed by atoms with Crippen LogP contribution in [0, 0.1) is 6.92 Å². The van der Waals surface area contributed by atoms with Crippen LogP contribution >= 0.6 is 0 Å². The number of nitrogens with zero attached hydrogens (tertiary/aromatic N) is 4. The number of hydrogen-bond donors (Lipinski definition) is 0. The van der Waals surface area contributed by atoms with E-state index in [9.17, 15) is 4.79 Å². The van der Waals surface area contributed by atoms with Crippen molar-refractivity contribution < 1.29 is 4.79 Å². The second-order valence-electron chi connectivity index (χ2n) is 9.07. The van der Waals surface area contributed by atoms with Crippen LogP contribution < -0.4 is 4.90 Å². The fourth-order valence-electron chi connectivity index (χ4n) is 4.05. The minimum atomic E-state index is -0.164. The summed E-state index contributed by atoms with van der Waals surface area (Å²) in [5.74, 6) is 0.100. The maximum Gasteiger partial charge on any atom is 0.291 e. The summed E-state index contributed by atoms with van der Waals surface area (Å²) in [6, 6.07) is 17.6. The van der Waals surface area contributed by atoms with Gasteiger partial charge in [-0.2, -0.15) is 0 Å². The molecule has 2 aromatic carbocycles. The molecule has 1 aliphatic rings. The highest BCUT2D eigenvalue weighted by Gasteiger charge is 2.24. The van der Waals surface area contributed by atoms with E-state index in [0.717, 1.165) is 24.2 Å². The Morgan fingerprint density at radius 2 is 1.61 bits per heavy atom. The van der Waals surface area contributed by atoms with Crippen LogP contribution in [0.25, 0.3) is 0 Å². The van der Waals surface area contributed by atoms with Crippen molar-refractivity contribution in [3.05, 3.63) is 88.5 Å². The summed E-state index contributed by atoms with van der Waals surface area (Å²) in [4.78, 5) is 24.9. The molecule has 2 heterocycles. The zero-order valence-corrected chi connectivity index (χ0v) is 19.0. The van der Waals surface area contributed by atoms with E-state index in [4.69, 9.17) is 0 Å². The van der Waals surface area contributed by atoms with E-state index in [1.54, 1.807) is 14.1 Å². The molecule has 0 spiro atoms. The van der Waals surface area contributed by atoms with Gasteiger partial charge < -0.3 is 9.80 Å². The lowest BCUT2D eigenvalue weighted by Crippen LogP contribution is -2.33. The van der Waals surface area contributed by atoms with Gasteiger partial charge in [-0.3, -0.25) is 4.79 Å². The molecule has 5 nitrogen and oxygen atoms in total. The number of fused-ring (bicyclic) bond motifs is 1. The van der Waals surface area contributed by atoms with Gasteiger partial charge in [-0.25, -0.2) is 9.97 Å². The van der Waals surface area contributed by atoms with E-state index < -0.39 is 0 Å². The summed E-state index contributed by atoms with van der Waals surface area (Å²) in [6.45, 7) is 8.25. The second kappa shape index (κ2) is 8.14. The Labute approximate surface area is 184 Å².